The second-order valence-corrected chi connectivity index (χ2v) is 10.5. The molecular formula is C21H30N2S2. The SMILES string of the molecule is CCCCC1CSC(CCCc2ccc(C)cc2)(Cn2ccnc2)S1. The van der Waals surface area contributed by atoms with E-state index in [-0.39, 0.29) is 0 Å². The van der Waals surface area contributed by atoms with Crippen LogP contribution in [0, 0.1) is 6.92 Å². The molecule has 25 heavy (non-hydrogen) atoms. The van der Waals surface area contributed by atoms with Gasteiger partial charge in [-0.05, 0) is 38.2 Å². The Hall–Kier alpha value is -0.870. The topological polar surface area (TPSA) is 17.8 Å². The minimum atomic E-state index is 0.323. The van der Waals surface area contributed by atoms with Crippen molar-refractivity contribution in [3.05, 3.63) is 54.1 Å². The van der Waals surface area contributed by atoms with Crippen molar-refractivity contribution in [1.82, 2.24) is 9.55 Å². The van der Waals surface area contributed by atoms with Crippen LogP contribution in [0.4, 0.5) is 0 Å². The second-order valence-electron chi connectivity index (χ2n) is 7.18. The first-order valence-corrected chi connectivity index (χ1v) is 11.4. The number of unbranched alkanes of at least 4 members (excludes halogenated alkanes) is 1. The third-order valence-corrected chi connectivity index (χ3v) is 8.70. The number of aryl methyl sites for hydroxylation is 2. The van der Waals surface area contributed by atoms with Gasteiger partial charge in [0.2, 0.25) is 0 Å². The fraction of sp³-hybridized carbons (Fsp3) is 0.571. The maximum atomic E-state index is 4.24. The number of nitrogens with zero attached hydrogens (tertiary/aromatic N) is 2. The average Bonchev–Trinajstić information content (AvgIpc) is 3.26. The summed E-state index contributed by atoms with van der Waals surface area (Å²) in [6, 6.07) is 9.04. The van der Waals surface area contributed by atoms with E-state index in [4.69, 9.17) is 0 Å². The van der Waals surface area contributed by atoms with E-state index in [2.05, 4.69) is 77.4 Å². The van der Waals surface area contributed by atoms with E-state index < -0.39 is 0 Å². The molecule has 1 saturated heterocycles. The van der Waals surface area contributed by atoms with Gasteiger partial charge >= 0.3 is 0 Å². The molecule has 1 aliphatic heterocycles. The average molecular weight is 375 g/mol. The highest BCUT2D eigenvalue weighted by Crippen LogP contribution is 2.53. The van der Waals surface area contributed by atoms with Crippen LogP contribution in [0.2, 0.25) is 0 Å². The van der Waals surface area contributed by atoms with Crippen molar-refractivity contribution < 1.29 is 0 Å². The van der Waals surface area contributed by atoms with Gasteiger partial charge in [0.25, 0.3) is 0 Å². The fourth-order valence-corrected chi connectivity index (χ4v) is 7.38. The van der Waals surface area contributed by atoms with Gasteiger partial charge in [0.05, 0.1) is 10.4 Å². The lowest BCUT2D eigenvalue weighted by molar-refractivity contribution is 0.571. The van der Waals surface area contributed by atoms with Crippen LogP contribution >= 0.6 is 23.5 Å². The van der Waals surface area contributed by atoms with Gasteiger partial charge in [-0.1, -0.05) is 49.6 Å². The smallest absolute Gasteiger partial charge is 0.0946 e. The van der Waals surface area contributed by atoms with Gasteiger partial charge in [-0.15, -0.1) is 23.5 Å². The Morgan fingerprint density at radius 2 is 2.08 bits per heavy atom. The zero-order valence-corrected chi connectivity index (χ0v) is 17.1. The van der Waals surface area contributed by atoms with E-state index >= 15 is 0 Å². The first-order chi connectivity index (χ1) is 12.2. The third-order valence-electron chi connectivity index (χ3n) is 4.92. The van der Waals surface area contributed by atoms with Crippen LogP contribution < -0.4 is 0 Å². The van der Waals surface area contributed by atoms with Gasteiger partial charge in [-0.25, -0.2) is 4.98 Å². The molecule has 1 aromatic carbocycles. The Labute approximate surface area is 161 Å². The quantitative estimate of drug-likeness (QED) is 0.540. The standard InChI is InChI=1S/C21H30N2S2/c1-3-4-7-20-15-24-21(25-20,16-23-14-13-22-17-23)12-5-6-19-10-8-18(2)9-11-19/h8-11,13-14,17,20H,3-7,12,15-16H2,1-2H3. The maximum Gasteiger partial charge on any atom is 0.0946 e. The number of hydrogen-bond donors (Lipinski definition) is 0. The highest BCUT2D eigenvalue weighted by Gasteiger charge is 2.40. The van der Waals surface area contributed by atoms with Crippen LogP contribution in [-0.4, -0.2) is 24.6 Å². The zero-order chi connectivity index (χ0) is 17.5. The molecule has 136 valence electrons. The molecule has 0 radical (unpaired) electrons. The zero-order valence-electron chi connectivity index (χ0n) is 15.5. The van der Waals surface area contributed by atoms with Crippen molar-refractivity contribution in [2.24, 2.45) is 0 Å². The monoisotopic (exact) mass is 374 g/mol. The van der Waals surface area contributed by atoms with Crippen LogP contribution in [-0.2, 0) is 13.0 Å². The number of hydrogen-bond acceptors (Lipinski definition) is 3. The normalized spacial score (nSPS) is 23.2. The molecule has 2 nitrogen and oxygen atoms in total. The molecule has 2 aromatic rings. The van der Waals surface area contributed by atoms with Crippen molar-refractivity contribution in [2.45, 2.75) is 68.2 Å². The summed E-state index contributed by atoms with van der Waals surface area (Å²) in [6.07, 6.45) is 13.8. The lowest BCUT2D eigenvalue weighted by atomic mass is 10.1. The molecule has 0 bridgehead atoms. The Morgan fingerprint density at radius 1 is 1.24 bits per heavy atom. The molecule has 0 N–H and O–H groups in total. The van der Waals surface area contributed by atoms with E-state index in [1.165, 1.54) is 55.4 Å². The van der Waals surface area contributed by atoms with Crippen LogP contribution in [0.1, 0.15) is 50.2 Å². The summed E-state index contributed by atoms with van der Waals surface area (Å²) >= 11 is 4.45. The molecule has 2 unspecified atom stereocenters. The molecule has 2 atom stereocenters. The van der Waals surface area contributed by atoms with E-state index in [0.29, 0.717) is 4.08 Å². The van der Waals surface area contributed by atoms with E-state index in [0.717, 1.165) is 11.8 Å². The first-order valence-electron chi connectivity index (χ1n) is 9.52. The summed E-state index contributed by atoms with van der Waals surface area (Å²) in [5, 5.41) is 0.827. The van der Waals surface area contributed by atoms with Crippen LogP contribution in [0.5, 0.6) is 0 Å². The minimum absolute atomic E-state index is 0.323. The number of rotatable bonds is 9. The van der Waals surface area contributed by atoms with E-state index in [1.807, 2.05) is 12.5 Å². The molecule has 0 amide bonds. The van der Waals surface area contributed by atoms with Gasteiger partial charge in [-0.3, -0.25) is 0 Å². The Kier molecular flexibility index (Phi) is 6.94. The summed E-state index contributed by atoms with van der Waals surface area (Å²) in [5.41, 5.74) is 2.82. The molecule has 0 aliphatic carbocycles. The Bertz CT molecular complexity index is 624. The molecule has 3 rings (SSSR count). The van der Waals surface area contributed by atoms with Gasteiger partial charge in [0.1, 0.15) is 0 Å². The van der Waals surface area contributed by atoms with Crippen LogP contribution in [0.25, 0.3) is 0 Å². The van der Waals surface area contributed by atoms with Crippen molar-refractivity contribution in [2.75, 3.05) is 5.75 Å². The number of imidazole rings is 1. The van der Waals surface area contributed by atoms with Crippen molar-refractivity contribution >= 4 is 23.5 Å². The molecule has 1 fully saturated rings. The highest BCUT2D eigenvalue weighted by molar-refractivity contribution is 8.21. The van der Waals surface area contributed by atoms with Crippen molar-refractivity contribution in [1.29, 1.82) is 0 Å². The molecule has 1 aliphatic rings. The Morgan fingerprint density at radius 3 is 2.80 bits per heavy atom. The largest absolute Gasteiger partial charge is 0.335 e. The Balaban J connectivity index is 1.59. The summed E-state index contributed by atoms with van der Waals surface area (Å²) in [6.45, 7) is 5.54. The van der Waals surface area contributed by atoms with Gasteiger partial charge < -0.3 is 4.57 Å². The predicted molar refractivity (Wildman–Crippen MR) is 112 cm³/mol. The highest BCUT2D eigenvalue weighted by atomic mass is 32.2. The number of benzene rings is 1. The molecule has 0 spiro atoms. The lowest BCUT2D eigenvalue weighted by Gasteiger charge is -2.28. The van der Waals surface area contributed by atoms with Gasteiger partial charge in [0.15, 0.2) is 0 Å². The summed E-state index contributed by atoms with van der Waals surface area (Å²) in [5.74, 6) is 1.31. The first kappa shape index (κ1) is 18.9. The minimum Gasteiger partial charge on any atom is -0.335 e. The molecule has 1 aromatic heterocycles. The summed E-state index contributed by atoms with van der Waals surface area (Å²) in [7, 11) is 0. The fourth-order valence-electron chi connectivity index (χ4n) is 3.46. The second kappa shape index (κ2) is 9.18. The van der Waals surface area contributed by atoms with E-state index in [1.54, 1.807) is 0 Å². The predicted octanol–water partition coefficient (Wildman–Crippen LogP) is 5.95. The van der Waals surface area contributed by atoms with E-state index in [9.17, 15) is 0 Å². The van der Waals surface area contributed by atoms with Crippen molar-refractivity contribution in [3.63, 3.8) is 0 Å². The maximum absolute atomic E-state index is 4.24. The van der Waals surface area contributed by atoms with Crippen molar-refractivity contribution in [3.8, 4) is 0 Å². The van der Waals surface area contributed by atoms with Gasteiger partial charge in [0, 0.05) is 29.9 Å². The molecule has 4 heteroatoms. The molecule has 0 saturated carbocycles. The number of thioether (sulfide) groups is 2. The lowest BCUT2D eigenvalue weighted by Crippen LogP contribution is -2.25. The summed E-state index contributed by atoms with van der Waals surface area (Å²) < 4.78 is 2.60. The van der Waals surface area contributed by atoms with Crippen LogP contribution in [0.3, 0.4) is 0 Å². The van der Waals surface area contributed by atoms with Crippen LogP contribution in [0.15, 0.2) is 43.0 Å². The third kappa shape index (κ3) is 5.55. The summed E-state index contributed by atoms with van der Waals surface area (Å²) in [4.78, 5) is 4.24. The number of aromatic nitrogens is 2. The molecule has 2 heterocycles. The van der Waals surface area contributed by atoms with Gasteiger partial charge in [-0.2, -0.15) is 0 Å². The molecular weight excluding hydrogens is 344 g/mol.